The maximum absolute atomic E-state index is 13.5. The van der Waals surface area contributed by atoms with Gasteiger partial charge in [0.1, 0.15) is 11.5 Å². The van der Waals surface area contributed by atoms with Gasteiger partial charge in [-0.1, -0.05) is 0 Å². The van der Waals surface area contributed by atoms with Crippen molar-refractivity contribution in [3.63, 3.8) is 0 Å². The average Bonchev–Trinajstić information content (AvgIpc) is 2.78. The van der Waals surface area contributed by atoms with Crippen molar-refractivity contribution in [3.8, 4) is 11.5 Å². The van der Waals surface area contributed by atoms with Crippen LogP contribution in [-0.4, -0.2) is 50.7 Å². The average molecular weight is 467 g/mol. The minimum Gasteiger partial charge on any atom is -0.492 e. The smallest absolute Gasteiger partial charge is 0.237 e. The molecular weight excluding hydrogens is 438 g/mol. The van der Waals surface area contributed by atoms with E-state index in [1.54, 1.807) is 13.0 Å². The highest BCUT2D eigenvalue weighted by Crippen LogP contribution is 2.39. The van der Waals surface area contributed by atoms with Gasteiger partial charge in [0.15, 0.2) is 11.6 Å². The maximum Gasteiger partial charge on any atom is 0.237 e. The van der Waals surface area contributed by atoms with Gasteiger partial charge >= 0.3 is 0 Å². The van der Waals surface area contributed by atoms with Gasteiger partial charge in [0.25, 0.3) is 0 Å². The highest BCUT2D eigenvalue weighted by atomic mass is 32.2. The summed E-state index contributed by atoms with van der Waals surface area (Å²) >= 11 is 1.14. The predicted molar refractivity (Wildman–Crippen MR) is 122 cm³/mol. The Balaban J connectivity index is 1.82. The Morgan fingerprint density at radius 1 is 1.09 bits per heavy atom. The van der Waals surface area contributed by atoms with Crippen molar-refractivity contribution < 1.29 is 27.8 Å². The molecule has 1 unspecified atom stereocenters. The van der Waals surface area contributed by atoms with Crippen molar-refractivity contribution in [2.75, 3.05) is 49.7 Å². The molecule has 0 bridgehead atoms. The molecule has 1 atom stereocenters. The third kappa shape index (κ3) is 6.04. The summed E-state index contributed by atoms with van der Waals surface area (Å²) in [5.41, 5.74) is 1.39. The number of anilines is 2. The van der Waals surface area contributed by atoms with Crippen LogP contribution in [-0.2, 0) is 9.53 Å². The van der Waals surface area contributed by atoms with Crippen molar-refractivity contribution in [2.45, 2.75) is 30.9 Å². The normalized spacial score (nSPS) is 14.7. The van der Waals surface area contributed by atoms with Gasteiger partial charge in [0.05, 0.1) is 43.1 Å². The molecule has 174 valence electrons. The minimum atomic E-state index is -0.943. The van der Waals surface area contributed by atoms with Gasteiger partial charge in [-0.15, -0.1) is 11.8 Å². The lowest BCUT2D eigenvalue weighted by atomic mass is 10.2. The zero-order valence-electron chi connectivity index (χ0n) is 18.5. The number of nitrogens with one attached hydrogen (secondary N) is 1. The first-order valence-corrected chi connectivity index (χ1v) is 11.5. The van der Waals surface area contributed by atoms with Gasteiger partial charge in [-0.25, -0.2) is 8.78 Å². The molecule has 0 aromatic heterocycles. The maximum atomic E-state index is 13.5. The van der Waals surface area contributed by atoms with Crippen LogP contribution in [0, 0.1) is 11.6 Å². The van der Waals surface area contributed by atoms with E-state index in [0.717, 1.165) is 42.7 Å². The zero-order valence-corrected chi connectivity index (χ0v) is 19.3. The van der Waals surface area contributed by atoms with Crippen LogP contribution in [0.2, 0.25) is 0 Å². The molecule has 9 heteroatoms. The summed E-state index contributed by atoms with van der Waals surface area (Å²) in [4.78, 5) is 15.5. The molecule has 0 radical (unpaired) electrons. The first kappa shape index (κ1) is 24.1. The summed E-state index contributed by atoms with van der Waals surface area (Å²) in [5.74, 6) is -0.968. The lowest BCUT2D eigenvalue weighted by Gasteiger charge is -2.31. The third-order valence-electron chi connectivity index (χ3n) is 4.84. The van der Waals surface area contributed by atoms with Gasteiger partial charge in [-0.2, -0.15) is 0 Å². The van der Waals surface area contributed by atoms with Crippen molar-refractivity contribution in [2.24, 2.45) is 0 Å². The Hall–Kier alpha value is -2.52. The number of benzene rings is 2. The summed E-state index contributed by atoms with van der Waals surface area (Å²) in [5, 5.41) is 2.34. The summed E-state index contributed by atoms with van der Waals surface area (Å²) in [6, 6.07) is 7.23. The van der Waals surface area contributed by atoms with Crippen LogP contribution in [0.5, 0.6) is 11.5 Å². The number of nitrogens with zero attached hydrogens (tertiary/aromatic N) is 1. The van der Waals surface area contributed by atoms with E-state index in [4.69, 9.17) is 14.2 Å². The van der Waals surface area contributed by atoms with Crippen molar-refractivity contribution in [1.29, 1.82) is 0 Å². The van der Waals surface area contributed by atoms with Gasteiger partial charge in [-0.05, 0) is 39.0 Å². The number of halogens is 2. The van der Waals surface area contributed by atoms with Gasteiger partial charge < -0.3 is 24.4 Å². The van der Waals surface area contributed by atoms with Crippen molar-refractivity contribution in [3.05, 3.63) is 42.0 Å². The SMILES string of the molecule is CCOc1cc(N2CCOCC2)c(OCC)cc1NC(=O)C(C)Sc1ccc(F)c(F)c1. The molecule has 3 rings (SSSR count). The number of amides is 1. The number of thioether (sulfide) groups is 1. The molecule has 1 amide bonds. The number of carbonyl (C=O) groups excluding carboxylic acids is 1. The molecule has 1 heterocycles. The van der Waals surface area contributed by atoms with E-state index in [2.05, 4.69) is 10.2 Å². The van der Waals surface area contributed by atoms with E-state index in [-0.39, 0.29) is 5.91 Å². The first-order valence-electron chi connectivity index (χ1n) is 10.6. The largest absolute Gasteiger partial charge is 0.492 e. The highest BCUT2D eigenvalue weighted by Gasteiger charge is 2.22. The fourth-order valence-electron chi connectivity index (χ4n) is 3.29. The van der Waals surface area contributed by atoms with E-state index >= 15 is 0 Å². The molecule has 1 aliphatic heterocycles. The second kappa shape index (κ2) is 11.4. The Kier molecular flexibility index (Phi) is 8.58. The summed E-state index contributed by atoms with van der Waals surface area (Å²) in [6.07, 6.45) is 0. The Morgan fingerprint density at radius 3 is 2.44 bits per heavy atom. The van der Waals surface area contributed by atoms with Crippen LogP contribution in [0.1, 0.15) is 20.8 Å². The van der Waals surface area contributed by atoms with Gasteiger partial charge in [0.2, 0.25) is 5.91 Å². The van der Waals surface area contributed by atoms with E-state index in [1.165, 1.54) is 6.07 Å². The van der Waals surface area contributed by atoms with Gasteiger partial charge in [-0.3, -0.25) is 4.79 Å². The molecule has 32 heavy (non-hydrogen) atoms. The second-order valence-electron chi connectivity index (χ2n) is 7.11. The molecule has 1 fully saturated rings. The summed E-state index contributed by atoms with van der Waals surface area (Å²) in [6.45, 7) is 9.11. The summed E-state index contributed by atoms with van der Waals surface area (Å²) < 4.78 is 43.8. The zero-order chi connectivity index (χ0) is 23.1. The molecule has 0 saturated carbocycles. The Labute approximate surface area is 191 Å². The number of ether oxygens (including phenoxy) is 3. The van der Waals surface area contributed by atoms with E-state index in [9.17, 15) is 13.6 Å². The number of morpholine rings is 1. The molecule has 2 aromatic rings. The topological polar surface area (TPSA) is 60.0 Å². The molecule has 1 saturated heterocycles. The van der Waals surface area contributed by atoms with Crippen LogP contribution in [0.15, 0.2) is 35.2 Å². The lowest BCUT2D eigenvalue weighted by Crippen LogP contribution is -2.36. The number of rotatable bonds is 9. The van der Waals surface area contributed by atoms with Crippen LogP contribution in [0.4, 0.5) is 20.2 Å². The molecular formula is C23H28F2N2O4S. The summed E-state index contributed by atoms with van der Waals surface area (Å²) in [7, 11) is 0. The van der Waals surface area contributed by atoms with Crippen LogP contribution >= 0.6 is 11.8 Å². The van der Waals surface area contributed by atoms with Gasteiger partial charge in [0, 0.05) is 30.1 Å². The van der Waals surface area contributed by atoms with Crippen molar-refractivity contribution >= 4 is 29.0 Å². The number of hydrogen-bond acceptors (Lipinski definition) is 6. The van der Waals surface area contributed by atoms with Crippen LogP contribution in [0.3, 0.4) is 0 Å². The fraction of sp³-hybridized carbons (Fsp3) is 0.435. The number of carbonyl (C=O) groups is 1. The predicted octanol–water partition coefficient (Wildman–Crippen LogP) is 4.72. The van der Waals surface area contributed by atoms with Crippen LogP contribution in [0.25, 0.3) is 0 Å². The van der Waals surface area contributed by atoms with E-state index in [0.29, 0.717) is 48.5 Å². The quantitative estimate of drug-likeness (QED) is 0.540. The lowest BCUT2D eigenvalue weighted by molar-refractivity contribution is -0.115. The van der Waals surface area contributed by atoms with E-state index in [1.807, 2.05) is 19.9 Å². The minimum absolute atomic E-state index is 0.290. The second-order valence-corrected chi connectivity index (χ2v) is 8.52. The highest BCUT2D eigenvalue weighted by molar-refractivity contribution is 8.00. The number of hydrogen-bond donors (Lipinski definition) is 1. The fourth-order valence-corrected chi connectivity index (χ4v) is 4.18. The molecule has 1 aliphatic rings. The molecule has 0 aliphatic carbocycles. The van der Waals surface area contributed by atoms with Crippen LogP contribution < -0.4 is 19.7 Å². The molecule has 6 nitrogen and oxygen atoms in total. The Bertz CT molecular complexity index is 938. The van der Waals surface area contributed by atoms with Crippen molar-refractivity contribution in [1.82, 2.24) is 0 Å². The standard InChI is InChI=1S/C23H28F2N2O4S/c1-4-30-21-14-20(27-8-10-29-11-9-27)22(31-5-2)13-19(21)26-23(28)15(3)32-16-6-7-17(24)18(25)12-16/h6-7,12-15H,4-5,8-11H2,1-3H3,(H,26,28). The molecule has 1 N–H and O–H groups in total. The third-order valence-corrected chi connectivity index (χ3v) is 5.94. The monoisotopic (exact) mass is 466 g/mol. The first-order chi connectivity index (χ1) is 15.4. The van der Waals surface area contributed by atoms with E-state index < -0.39 is 16.9 Å². The molecule has 0 spiro atoms. The Morgan fingerprint density at radius 2 is 1.78 bits per heavy atom. The molecule has 2 aromatic carbocycles.